The van der Waals surface area contributed by atoms with Crippen molar-refractivity contribution < 1.29 is 14.3 Å². The number of benzene rings is 2. The number of esters is 1. The van der Waals surface area contributed by atoms with E-state index in [1.54, 1.807) is 30.3 Å². The van der Waals surface area contributed by atoms with Crippen molar-refractivity contribution in [2.75, 3.05) is 0 Å². The molecule has 2 aromatic carbocycles. The number of hydrogen-bond donors (Lipinski definition) is 0. The van der Waals surface area contributed by atoms with Gasteiger partial charge in [0.05, 0.1) is 5.57 Å². The van der Waals surface area contributed by atoms with E-state index in [1.165, 1.54) is 6.92 Å². The van der Waals surface area contributed by atoms with E-state index >= 15 is 0 Å². The second-order valence-corrected chi connectivity index (χ2v) is 4.68. The highest BCUT2D eigenvalue weighted by Crippen LogP contribution is 2.20. The molecule has 0 atom stereocenters. The minimum Gasteiger partial charge on any atom is -0.427 e. The summed E-state index contributed by atoms with van der Waals surface area (Å²) in [5.41, 5.74) is 1.60. The lowest BCUT2D eigenvalue weighted by atomic mass is 10.00. The number of Topliss-reactive ketones (excluding diaryl/α,β-unsaturated/α-hetero) is 1. The molecule has 0 heterocycles. The number of ether oxygens (including phenoxy) is 1. The van der Waals surface area contributed by atoms with Crippen molar-refractivity contribution in [3.63, 3.8) is 0 Å². The Morgan fingerprint density at radius 1 is 0.955 bits per heavy atom. The van der Waals surface area contributed by atoms with Gasteiger partial charge in [0.2, 0.25) is 0 Å². The first-order valence-electron chi connectivity index (χ1n) is 6.82. The summed E-state index contributed by atoms with van der Waals surface area (Å²) in [4.78, 5) is 23.8. The summed E-state index contributed by atoms with van der Waals surface area (Å²) in [7, 11) is 0. The highest BCUT2D eigenvalue weighted by Gasteiger charge is 2.17. The van der Waals surface area contributed by atoms with Crippen molar-refractivity contribution in [3.8, 4) is 0 Å². The normalized spacial score (nSPS) is 10.9. The fourth-order valence-corrected chi connectivity index (χ4v) is 1.96. The number of carbonyl (C=O) groups excluding carboxylic acids is 2. The van der Waals surface area contributed by atoms with Crippen molar-refractivity contribution in [3.05, 3.63) is 89.7 Å². The van der Waals surface area contributed by atoms with Gasteiger partial charge >= 0.3 is 5.97 Å². The van der Waals surface area contributed by atoms with Gasteiger partial charge in [0.25, 0.3) is 0 Å². The van der Waals surface area contributed by atoms with Crippen molar-refractivity contribution in [1.29, 1.82) is 0 Å². The molecule has 0 aromatic heterocycles. The summed E-state index contributed by atoms with van der Waals surface area (Å²) in [5, 5.41) is 0. The minimum absolute atomic E-state index is 0.0465. The van der Waals surface area contributed by atoms with Crippen LogP contribution in [0.25, 0.3) is 6.08 Å². The molecule has 0 aliphatic carbocycles. The number of rotatable bonds is 5. The van der Waals surface area contributed by atoms with Gasteiger partial charge in [-0.05, 0) is 11.6 Å². The Kier molecular flexibility index (Phi) is 5.04. The molecule has 0 aliphatic rings. The molecule has 0 spiro atoms. The summed E-state index contributed by atoms with van der Waals surface area (Å²) in [5.74, 6) is -0.703. The van der Waals surface area contributed by atoms with E-state index in [0.717, 1.165) is 5.56 Å². The van der Waals surface area contributed by atoms with Crippen LogP contribution < -0.4 is 0 Å². The molecule has 0 unspecified atom stereocenters. The average Bonchev–Trinajstić information content (AvgIpc) is 2.53. The molecule has 0 saturated heterocycles. The quantitative estimate of drug-likeness (QED) is 0.275. The third kappa shape index (κ3) is 4.03. The first kappa shape index (κ1) is 15.4. The van der Waals surface area contributed by atoms with Crippen LogP contribution in [-0.2, 0) is 9.53 Å². The highest BCUT2D eigenvalue weighted by molar-refractivity contribution is 6.14. The van der Waals surface area contributed by atoms with E-state index in [9.17, 15) is 9.59 Å². The third-order valence-corrected chi connectivity index (χ3v) is 2.96. The number of allylic oxidation sites excluding steroid dienone is 1. The fraction of sp³-hybridized carbons (Fsp3) is 0.0526. The zero-order chi connectivity index (χ0) is 15.9. The van der Waals surface area contributed by atoms with Gasteiger partial charge in [0.1, 0.15) is 5.76 Å². The van der Waals surface area contributed by atoms with E-state index in [4.69, 9.17) is 4.74 Å². The lowest BCUT2D eigenvalue weighted by Crippen LogP contribution is -2.09. The molecule has 3 heteroatoms. The van der Waals surface area contributed by atoms with Crippen LogP contribution in [0.3, 0.4) is 0 Å². The molecule has 0 bridgehead atoms. The molecule has 2 rings (SSSR count). The molecule has 0 radical (unpaired) electrons. The molecule has 22 heavy (non-hydrogen) atoms. The van der Waals surface area contributed by atoms with Crippen LogP contribution in [-0.4, -0.2) is 11.8 Å². The molecular formula is C19H16O3. The largest absolute Gasteiger partial charge is 0.427 e. The average molecular weight is 292 g/mol. The zero-order valence-corrected chi connectivity index (χ0v) is 12.3. The van der Waals surface area contributed by atoms with Gasteiger partial charge in [0, 0.05) is 12.5 Å². The van der Waals surface area contributed by atoms with Gasteiger partial charge < -0.3 is 4.74 Å². The van der Waals surface area contributed by atoms with Gasteiger partial charge in [0.15, 0.2) is 5.78 Å². The Bertz CT molecular complexity index is 713. The summed E-state index contributed by atoms with van der Waals surface area (Å²) < 4.78 is 5.00. The maximum absolute atomic E-state index is 12.7. The Balaban J connectivity index is 2.42. The molecule has 3 nitrogen and oxygen atoms in total. The van der Waals surface area contributed by atoms with Crippen LogP contribution in [0.4, 0.5) is 0 Å². The summed E-state index contributed by atoms with van der Waals surface area (Å²) in [6.07, 6.45) is 1.67. The van der Waals surface area contributed by atoms with Crippen LogP contribution in [0.2, 0.25) is 0 Å². The Labute approximate surface area is 129 Å². The van der Waals surface area contributed by atoms with Gasteiger partial charge in [-0.2, -0.15) is 0 Å². The van der Waals surface area contributed by atoms with Gasteiger partial charge in [-0.15, -0.1) is 0 Å². The second kappa shape index (κ2) is 7.18. The smallest absolute Gasteiger partial charge is 0.308 e. The van der Waals surface area contributed by atoms with Gasteiger partial charge in [-0.25, -0.2) is 0 Å². The lowest BCUT2D eigenvalue weighted by Gasteiger charge is -2.10. The van der Waals surface area contributed by atoms with Crippen molar-refractivity contribution in [2.45, 2.75) is 6.92 Å². The van der Waals surface area contributed by atoms with Crippen molar-refractivity contribution in [2.24, 2.45) is 0 Å². The first-order valence-corrected chi connectivity index (χ1v) is 6.82. The Morgan fingerprint density at radius 3 is 2.05 bits per heavy atom. The zero-order valence-electron chi connectivity index (χ0n) is 12.3. The Morgan fingerprint density at radius 2 is 1.50 bits per heavy atom. The summed E-state index contributed by atoms with van der Waals surface area (Å²) in [6.45, 7) is 4.98. The topological polar surface area (TPSA) is 43.4 Å². The molecule has 2 aromatic rings. The molecule has 110 valence electrons. The number of carbonyl (C=O) groups is 2. The summed E-state index contributed by atoms with van der Waals surface area (Å²) >= 11 is 0. The van der Waals surface area contributed by atoms with Gasteiger partial charge in [-0.3, -0.25) is 9.59 Å². The van der Waals surface area contributed by atoms with Gasteiger partial charge in [-0.1, -0.05) is 67.2 Å². The molecule has 0 aliphatic heterocycles. The fourth-order valence-electron chi connectivity index (χ4n) is 1.96. The second-order valence-electron chi connectivity index (χ2n) is 4.68. The van der Waals surface area contributed by atoms with Crippen LogP contribution >= 0.6 is 0 Å². The number of hydrogen-bond acceptors (Lipinski definition) is 3. The maximum Gasteiger partial charge on any atom is 0.308 e. The standard InChI is InChI=1S/C19H16O3/c1-14(22-15(2)20)18(13-16-9-5-3-6-10-16)19(21)17-11-7-4-8-12-17/h3-13H,1H2,2H3/b18-13+. The van der Waals surface area contributed by atoms with Crippen LogP contribution in [0.15, 0.2) is 78.6 Å². The highest BCUT2D eigenvalue weighted by atomic mass is 16.5. The van der Waals surface area contributed by atoms with E-state index in [0.29, 0.717) is 5.56 Å². The van der Waals surface area contributed by atoms with Crippen LogP contribution in [0.5, 0.6) is 0 Å². The molecule has 0 saturated carbocycles. The first-order chi connectivity index (χ1) is 10.6. The van der Waals surface area contributed by atoms with E-state index < -0.39 is 5.97 Å². The van der Waals surface area contributed by atoms with E-state index in [-0.39, 0.29) is 17.1 Å². The lowest BCUT2D eigenvalue weighted by molar-refractivity contribution is -0.136. The molecule has 0 amide bonds. The molecular weight excluding hydrogens is 276 g/mol. The number of ketones is 1. The predicted molar refractivity (Wildman–Crippen MR) is 86.1 cm³/mol. The Hall–Kier alpha value is -2.94. The minimum atomic E-state index is -0.509. The van der Waals surface area contributed by atoms with Crippen molar-refractivity contribution in [1.82, 2.24) is 0 Å². The van der Waals surface area contributed by atoms with E-state index in [1.807, 2.05) is 36.4 Å². The van der Waals surface area contributed by atoms with Crippen LogP contribution in [0.1, 0.15) is 22.8 Å². The SMILES string of the molecule is C=C(OC(C)=O)/C(=C\c1ccccc1)C(=O)c1ccccc1. The summed E-state index contributed by atoms with van der Waals surface area (Å²) in [6, 6.07) is 18.2. The maximum atomic E-state index is 12.7. The molecule has 0 fully saturated rings. The van der Waals surface area contributed by atoms with Crippen molar-refractivity contribution >= 4 is 17.8 Å². The van der Waals surface area contributed by atoms with E-state index in [2.05, 4.69) is 6.58 Å². The molecule has 0 N–H and O–H groups in total. The monoisotopic (exact) mass is 292 g/mol. The van der Waals surface area contributed by atoms with Crippen LogP contribution in [0, 0.1) is 0 Å². The predicted octanol–water partition coefficient (Wildman–Crippen LogP) is 4.03. The third-order valence-electron chi connectivity index (χ3n) is 2.96.